The highest BCUT2D eigenvalue weighted by Crippen LogP contribution is 2.29. The Morgan fingerprint density at radius 3 is 2.88 bits per heavy atom. The fourth-order valence-electron chi connectivity index (χ4n) is 3.31. The summed E-state index contributed by atoms with van der Waals surface area (Å²) in [5.41, 5.74) is 1.99. The van der Waals surface area contributed by atoms with Crippen LogP contribution in [0.15, 0.2) is 35.1 Å². The van der Waals surface area contributed by atoms with E-state index in [0.717, 1.165) is 48.5 Å². The second kappa shape index (κ2) is 6.92. The maximum Gasteiger partial charge on any atom is 0.263 e. The molecular formula is C18H18ClN5O2. The number of fused-ring (bicyclic) bond motifs is 1. The van der Waals surface area contributed by atoms with Gasteiger partial charge in [-0.3, -0.25) is 4.79 Å². The highest BCUT2D eigenvalue weighted by Gasteiger charge is 2.27. The van der Waals surface area contributed by atoms with Crippen LogP contribution in [0.1, 0.15) is 18.5 Å². The molecule has 0 atom stereocenters. The fourth-order valence-corrected chi connectivity index (χ4v) is 3.50. The van der Waals surface area contributed by atoms with Crippen molar-refractivity contribution < 1.29 is 9.32 Å². The van der Waals surface area contributed by atoms with Crippen LogP contribution in [0.25, 0.3) is 11.1 Å². The first-order chi connectivity index (χ1) is 12.6. The number of anilines is 2. The topological polar surface area (TPSA) is 84.2 Å². The normalized spacial score (nSPS) is 15.4. The second-order valence-corrected chi connectivity index (χ2v) is 6.84. The highest BCUT2D eigenvalue weighted by atomic mass is 35.5. The van der Waals surface area contributed by atoms with Gasteiger partial charge in [-0.2, -0.15) is 4.98 Å². The van der Waals surface area contributed by atoms with E-state index in [1.165, 1.54) is 6.33 Å². The quantitative estimate of drug-likeness (QED) is 0.759. The van der Waals surface area contributed by atoms with E-state index in [-0.39, 0.29) is 11.8 Å². The Labute approximate surface area is 155 Å². The van der Waals surface area contributed by atoms with E-state index in [2.05, 4.69) is 25.3 Å². The van der Waals surface area contributed by atoms with Crippen LogP contribution in [-0.4, -0.2) is 34.1 Å². The fraction of sp³-hybridized carbons (Fsp3) is 0.333. The largest absolute Gasteiger partial charge is 0.356 e. The van der Waals surface area contributed by atoms with Gasteiger partial charge in [-0.25, -0.2) is 4.98 Å². The molecule has 4 rings (SSSR count). The predicted octanol–water partition coefficient (Wildman–Crippen LogP) is 3.43. The number of halogens is 1. The molecule has 8 heteroatoms. The zero-order chi connectivity index (χ0) is 18.1. The van der Waals surface area contributed by atoms with Gasteiger partial charge >= 0.3 is 0 Å². The molecule has 0 bridgehead atoms. The van der Waals surface area contributed by atoms with Crippen molar-refractivity contribution in [2.24, 2.45) is 5.92 Å². The number of nitrogens with zero attached hydrogens (tertiary/aromatic N) is 4. The lowest BCUT2D eigenvalue weighted by atomic mass is 9.95. The molecule has 1 N–H and O–H groups in total. The first kappa shape index (κ1) is 16.8. The monoisotopic (exact) mass is 371 g/mol. The second-order valence-electron chi connectivity index (χ2n) is 6.41. The molecule has 0 spiro atoms. The lowest BCUT2D eigenvalue weighted by Gasteiger charge is -2.32. The summed E-state index contributed by atoms with van der Waals surface area (Å²) < 4.78 is 5.21. The van der Waals surface area contributed by atoms with Gasteiger partial charge in [-0.15, -0.1) is 0 Å². The van der Waals surface area contributed by atoms with Gasteiger partial charge in [0, 0.05) is 29.7 Å². The van der Waals surface area contributed by atoms with Crippen LogP contribution in [0, 0.1) is 12.8 Å². The van der Waals surface area contributed by atoms with E-state index in [4.69, 9.17) is 16.1 Å². The Kier molecular flexibility index (Phi) is 4.46. The summed E-state index contributed by atoms with van der Waals surface area (Å²) in [6.07, 6.45) is 2.99. The Bertz CT molecular complexity index is 950. The van der Waals surface area contributed by atoms with Crippen LogP contribution in [0.3, 0.4) is 0 Å². The molecular weight excluding hydrogens is 354 g/mol. The highest BCUT2D eigenvalue weighted by molar-refractivity contribution is 6.30. The average molecular weight is 372 g/mol. The summed E-state index contributed by atoms with van der Waals surface area (Å²) in [6.45, 7) is 3.36. The van der Waals surface area contributed by atoms with E-state index in [1.807, 2.05) is 19.1 Å². The van der Waals surface area contributed by atoms with Crippen molar-refractivity contribution >= 4 is 40.1 Å². The molecule has 1 aromatic carbocycles. The summed E-state index contributed by atoms with van der Waals surface area (Å²) >= 11 is 5.97. The molecule has 1 aliphatic heterocycles. The smallest absolute Gasteiger partial charge is 0.263 e. The third-order valence-corrected chi connectivity index (χ3v) is 4.92. The van der Waals surface area contributed by atoms with Gasteiger partial charge < -0.3 is 14.7 Å². The minimum Gasteiger partial charge on any atom is -0.356 e. The molecule has 0 saturated carbocycles. The SMILES string of the molecule is Cc1noc2ncnc(N3CCC(C(=O)Nc4cccc(Cl)c4)CC3)c12. The van der Waals surface area contributed by atoms with Crippen molar-refractivity contribution in [3.63, 3.8) is 0 Å². The van der Waals surface area contributed by atoms with Gasteiger partial charge in [0.25, 0.3) is 5.71 Å². The van der Waals surface area contributed by atoms with Crippen LogP contribution in [-0.2, 0) is 4.79 Å². The van der Waals surface area contributed by atoms with Crippen molar-refractivity contribution in [1.29, 1.82) is 0 Å². The molecule has 2 aromatic heterocycles. The maximum absolute atomic E-state index is 12.5. The van der Waals surface area contributed by atoms with E-state index < -0.39 is 0 Å². The summed E-state index contributed by atoms with van der Waals surface area (Å²) in [7, 11) is 0. The third kappa shape index (κ3) is 3.22. The number of piperidine rings is 1. The van der Waals surface area contributed by atoms with Crippen LogP contribution in [0.4, 0.5) is 11.5 Å². The molecule has 0 unspecified atom stereocenters. The van der Waals surface area contributed by atoms with Crippen LogP contribution >= 0.6 is 11.6 Å². The molecule has 0 radical (unpaired) electrons. The number of aryl methyl sites for hydroxylation is 1. The summed E-state index contributed by atoms with van der Waals surface area (Å²) in [6, 6.07) is 7.19. The van der Waals surface area contributed by atoms with E-state index >= 15 is 0 Å². The molecule has 7 nitrogen and oxygen atoms in total. The molecule has 1 saturated heterocycles. The lowest BCUT2D eigenvalue weighted by Crippen LogP contribution is -2.38. The van der Waals surface area contributed by atoms with Gasteiger partial charge in [-0.1, -0.05) is 22.8 Å². The number of hydrogen-bond acceptors (Lipinski definition) is 6. The summed E-state index contributed by atoms with van der Waals surface area (Å²) in [5.74, 6) is 0.814. The molecule has 3 aromatic rings. The number of rotatable bonds is 3. The summed E-state index contributed by atoms with van der Waals surface area (Å²) in [5, 5.41) is 8.37. The van der Waals surface area contributed by atoms with Gasteiger partial charge in [0.05, 0.1) is 5.69 Å². The van der Waals surface area contributed by atoms with Crippen molar-refractivity contribution in [2.75, 3.05) is 23.3 Å². The number of benzene rings is 1. The molecule has 0 aliphatic carbocycles. The van der Waals surface area contributed by atoms with Gasteiger partial charge in [0.1, 0.15) is 17.5 Å². The van der Waals surface area contributed by atoms with E-state index in [9.17, 15) is 4.79 Å². The number of carbonyl (C=O) groups is 1. The van der Waals surface area contributed by atoms with E-state index in [1.54, 1.807) is 12.1 Å². The van der Waals surface area contributed by atoms with E-state index in [0.29, 0.717) is 10.7 Å². The Hall–Kier alpha value is -2.67. The standard InChI is InChI=1S/C18H18ClN5O2/c1-11-15-16(20-10-21-18(15)26-23-11)24-7-5-12(6-8-24)17(25)22-14-4-2-3-13(19)9-14/h2-4,9-10,12H,5-8H2,1H3,(H,22,25). The molecule has 1 aliphatic rings. The minimum absolute atomic E-state index is 0.0286. The zero-order valence-electron chi connectivity index (χ0n) is 14.3. The summed E-state index contributed by atoms with van der Waals surface area (Å²) in [4.78, 5) is 23.2. The third-order valence-electron chi connectivity index (χ3n) is 4.68. The van der Waals surface area contributed by atoms with Crippen LogP contribution < -0.4 is 10.2 Å². The molecule has 134 valence electrons. The van der Waals surface area contributed by atoms with Gasteiger partial charge in [0.2, 0.25) is 5.91 Å². The minimum atomic E-state index is -0.0360. The molecule has 3 heterocycles. The molecule has 26 heavy (non-hydrogen) atoms. The average Bonchev–Trinajstić information content (AvgIpc) is 3.03. The van der Waals surface area contributed by atoms with Crippen molar-refractivity contribution in [3.05, 3.63) is 41.3 Å². The van der Waals surface area contributed by atoms with Gasteiger partial charge in [-0.05, 0) is 38.0 Å². The Morgan fingerprint density at radius 1 is 1.31 bits per heavy atom. The number of hydrogen-bond donors (Lipinski definition) is 1. The number of nitrogens with one attached hydrogen (secondary N) is 1. The lowest BCUT2D eigenvalue weighted by molar-refractivity contribution is -0.120. The van der Waals surface area contributed by atoms with Crippen LogP contribution in [0.2, 0.25) is 5.02 Å². The number of aromatic nitrogens is 3. The predicted molar refractivity (Wildman–Crippen MR) is 99.4 cm³/mol. The molecule has 1 amide bonds. The number of carbonyl (C=O) groups excluding carboxylic acids is 1. The molecule has 1 fully saturated rings. The van der Waals surface area contributed by atoms with Crippen LogP contribution in [0.5, 0.6) is 0 Å². The Balaban J connectivity index is 1.44. The zero-order valence-corrected chi connectivity index (χ0v) is 15.0. The Morgan fingerprint density at radius 2 is 2.12 bits per heavy atom. The van der Waals surface area contributed by atoms with Crippen molar-refractivity contribution in [1.82, 2.24) is 15.1 Å². The van der Waals surface area contributed by atoms with Gasteiger partial charge in [0.15, 0.2) is 0 Å². The first-order valence-corrected chi connectivity index (χ1v) is 8.88. The number of amides is 1. The van der Waals surface area contributed by atoms with Crippen molar-refractivity contribution in [3.8, 4) is 0 Å². The first-order valence-electron chi connectivity index (χ1n) is 8.50. The maximum atomic E-state index is 12.5. The van der Waals surface area contributed by atoms with Crippen molar-refractivity contribution in [2.45, 2.75) is 19.8 Å².